The molecule has 1 aromatic carbocycles. The van der Waals surface area contributed by atoms with Crippen molar-refractivity contribution in [3.63, 3.8) is 0 Å². The number of rotatable bonds is 5. The molecule has 1 aromatic heterocycles. The number of benzene rings is 1. The van der Waals surface area contributed by atoms with Crippen molar-refractivity contribution in [2.45, 2.75) is 6.42 Å². The van der Waals surface area contributed by atoms with Crippen molar-refractivity contribution in [3.05, 3.63) is 30.2 Å². The van der Waals surface area contributed by atoms with Gasteiger partial charge in [0.1, 0.15) is 0 Å². The van der Waals surface area contributed by atoms with Crippen LogP contribution in [0.5, 0.6) is 5.75 Å². The zero-order chi connectivity index (χ0) is 14.7. The summed E-state index contributed by atoms with van der Waals surface area (Å²) in [5.74, 6) is -1.20. The lowest BCUT2D eigenvalue weighted by molar-refractivity contribution is -0.136. The van der Waals surface area contributed by atoms with E-state index in [1.807, 2.05) is 0 Å². The molecule has 0 aliphatic rings. The van der Waals surface area contributed by atoms with Crippen LogP contribution in [0.2, 0.25) is 0 Å². The first-order valence-electron chi connectivity index (χ1n) is 6.08. The van der Waals surface area contributed by atoms with Gasteiger partial charge in [-0.1, -0.05) is 0 Å². The van der Waals surface area contributed by atoms with Gasteiger partial charge in [-0.3, -0.25) is 9.78 Å². The molecule has 1 N–H and O–H groups in total. The average Bonchev–Trinajstić information content (AvgIpc) is 2.43. The maximum atomic E-state index is 13.7. The second-order valence-electron chi connectivity index (χ2n) is 4.40. The molecule has 0 spiro atoms. The number of aromatic nitrogens is 1. The zero-order valence-electron chi connectivity index (χ0n) is 11.3. The van der Waals surface area contributed by atoms with Crippen LogP contribution in [0, 0.1) is 5.82 Å². The van der Waals surface area contributed by atoms with Gasteiger partial charge in [0.2, 0.25) is 0 Å². The van der Waals surface area contributed by atoms with E-state index >= 15 is 0 Å². The Balaban J connectivity index is 2.44. The molecular weight excluding hydrogens is 263 g/mol. The molecule has 6 heteroatoms. The van der Waals surface area contributed by atoms with Crippen molar-refractivity contribution < 1.29 is 19.0 Å². The summed E-state index contributed by atoms with van der Waals surface area (Å²) < 4.78 is 18.6. The normalized spacial score (nSPS) is 10.6. The molecule has 0 radical (unpaired) electrons. The van der Waals surface area contributed by atoms with E-state index < -0.39 is 11.8 Å². The highest BCUT2D eigenvalue weighted by Gasteiger charge is 2.12. The Kier molecular flexibility index (Phi) is 4.02. The Morgan fingerprint density at radius 2 is 2.25 bits per heavy atom. The Morgan fingerprint density at radius 1 is 1.50 bits per heavy atom. The highest BCUT2D eigenvalue weighted by atomic mass is 19.1. The van der Waals surface area contributed by atoms with Crippen molar-refractivity contribution >= 4 is 22.6 Å². The van der Waals surface area contributed by atoms with Crippen molar-refractivity contribution in [1.82, 2.24) is 4.98 Å². The molecule has 0 fully saturated rings. The fourth-order valence-electron chi connectivity index (χ4n) is 2.01. The minimum Gasteiger partial charge on any atom is -0.494 e. The molecule has 0 aliphatic heterocycles. The van der Waals surface area contributed by atoms with Crippen LogP contribution in [0.4, 0.5) is 10.1 Å². The topological polar surface area (TPSA) is 62.7 Å². The number of fused-ring (bicyclic) bond motifs is 1. The third-order valence-corrected chi connectivity index (χ3v) is 3.06. The molecule has 0 saturated heterocycles. The van der Waals surface area contributed by atoms with Gasteiger partial charge < -0.3 is 14.7 Å². The first kappa shape index (κ1) is 14.0. The average molecular weight is 278 g/mol. The molecule has 0 amide bonds. The number of hydrogen-bond acceptors (Lipinski definition) is 4. The van der Waals surface area contributed by atoms with E-state index in [1.54, 1.807) is 30.3 Å². The lowest BCUT2D eigenvalue weighted by Crippen LogP contribution is -2.21. The molecule has 20 heavy (non-hydrogen) atoms. The molecule has 0 aliphatic carbocycles. The number of nitrogens with zero attached hydrogens (tertiary/aromatic N) is 2. The summed E-state index contributed by atoms with van der Waals surface area (Å²) in [4.78, 5) is 16.6. The van der Waals surface area contributed by atoms with Crippen LogP contribution >= 0.6 is 0 Å². The van der Waals surface area contributed by atoms with E-state index in [0.29, 0.717) is 12.1 Å². The number of carbonyl (C=O) groups is 1. The first-order valence-corrected chi connectivity index (χ1v) is 6.08. The second kappa shape index (κ2) is 5.73. The molecule has 0 saturated carbocycles. The van der Waals surface area contributed by atoms with E-state index in [-0.39, 0.29) is 12.2 Å². The summed E-state index contributed by atoms with van der Waals surface area (Å²) in [6, 6.07) is 4.65. The molecule has 0 bridgehead atoms. The number of anilines is 1. The van der Waals surface area contributed by atoms with Crippen LogP contribution in [0.3, 0.4) is 0 Å². The van der Waals surface area contributed by atoms with Crippen LogP contribution in [0.1, 0.15) is 6.42 Å². The van der Waals surface area contributed by atoms with E-state index in [4.69, 9.17) is 9.84 Å². The summed E-state index contributed by atoms with van der Waals surface area (Å²) >= 11 is 0. The van der Waals surface area contributed by atoms with E-state index in [1.165, 1.54) is 13.2 Å². The van der Waals surface area contributed by atoms with Crippen molar-refractivity contribution in [2.24, 2.45) is 0 Å². The SMILES string of the molecule is COc1cc2c(N(C)CCC(=O)O)ccnc2cc1F. The van der Waals surface area contributed by atoms with Crippen LogP contribution < -0.4 is 9.64 Å². The summed E-state index contributed by atoms with van der Waals surface area (Å²) in [7, 11) is 3.18. The second-order valence-corrected chi connectivity index (χ2v) is 4.40. The smallest absolute Gasteiger partial charge is 0.305 e. The van der Waals surface area contributed by atoms with Crippen LogP contribution in [0.15, 0.2) is 24.4 Å². The highest BCUT2D eigenvalue weighted by molar-refractivity contribution is 5.92. The van der Waals surface area contributed by atoms with Crippen molar-refractivity contribution in [1.29, 1.82) is 0 Å². The Labute approximate surface area is 115 Å². The molecule has 106 valence electrons. The molecule has 5 nitrogen and oxygen atoms in total. The van der Waals surface area contributed by atoms with Crippen molar-refractivity contribution in [2.75, 3.05) is 25.6 Å². The van der Waals surface area contributed by atoms with Gasteiger partial charge in [0.05, 0.1) is 19.0 Å². The number of ether oxygens (including phenoxy) is 1. The minimum atomic E-state index is -0.862. The van der Waals surface area contributed by atoms with Gasteiger partial charge in [-0.15, -0.1) is 0 Å². The summed E-state index contributed by atoms with van der Waals surface area (Å²) in [6.45, 7) is 0.355. The van der Waals surface area contributed by atoms with Gasteiger partial charge in [0.15, 0.2) is 11.6 Å². The van der Waals surface area contributed by atoms with E-state index in [9.17, 15) is 9.18 Å². The van der Waals surface area contributed by atoms with Gasteiger partial charge in [0, 0.05) is 36.9 Å². The fraction of sp³-hybridized carbons (Fsp3) is 0.286. The van der Waals surface area contributed by atoms with Crippen molar-refractivity contribution in [3.8, 4) is 5.75 Å². The number of hydrogen-bond donors (Lipinski definition) is 1. The largest absolute Gasteiger partial charge is 0.494 e. The highest BCUT2D eigenvalue weighted by Crippen LogP contribution is 2.30. The van der Waals surface area contributed by atoms with Gasteiger partial charge in [-0.25, -0.2) is 4.39 Å². The van der Waals surface area contributed by atoms with E-state index in [2.05, 4.69) is 4.98 Å². The third-order valence-electron chi connectivity index (χ3n) is 3.06. The quantitative estimate of drug-likeness (QED) is 0.909. The predicted octanol–water partition coefficient (Wildman–Crippen LogP) is 2.29. The fourth-order valence-corrected chi connectivity index (χ4v) is 2.01. The van der Waals surface area contributed by atoms with E-state index in [0.717, 1.165) is 11.1 Å². The number of halogens is 1. The monoisotopic (exact) mass is 278 g/mol. The Morgan fingerprint density at radius 3 is 2.90 bits per heavy atom. The predicted molar refractivity (Wildman–Crippen MR) is 73.8 cm³/mol. The lowest BCUT2D eigenvalue weighted by Gasteiger charge is -2.20. The lowest BCUT2D eigenvalue weighted by atomic mass is 10.1. The summed E-state index contributed by atoms with van der Waals surface area (Å²) in [5.41, 5.74) is 1.29. The summed E-state index contributed by atoms with van der Waals surface area (Å²) in [6.07, 6.45) is 1.60. The molecule has 0 atom stereocenters. The number of carboxylic acids is 1. The molecule has 2 rings (SSSR count). The molecule has 0 unspecified atom stereocenters. The maximum absolute atomic E-state index is 13.7. The Bertz CT molecular complexity index is 646. The van der Waals surface area contributed by atoms with Gasteiger partial charge in [-0.05, 0) is 12.1 Å². The number of carboxylic acid groups (broad SMARTS) is 1. The van der Waals surface area contributed by atoms with Gasteiger partial charge in [-0.2, -0.15) is 0 Å². The van der Waals surface area contributed by atoms with Crippen LogP contribution in [-0.2, 0) is 4.79 Å². The van der Waals surface area contributed by atoms with Gasteiger partial charge >= 0.3 is 5.97 Å². The number of pyridine rings is 1. The standard InChI is InChI=1S/C14H15FN2O3/c1-17(6-4-14(18)19)12-3-5-16-11-8-10(15)13(20-2)7-9(11)12/h3,5,7-8H,4,6H2,1-2H3,(H,18,19). The number of aliphatic carboxylic acids is 1. The zero-order valence-corrected chi connectivity index (χ0v) is 11.3. The maximum Gasteiger partial charge on any atom is 0.305 e. The Hall–Kier alpha value is -2.37. The van der Waals surface area contributed by atoms with Gasteiger partial charge in [0.25, 0.3) is 0 Å². The first-order chi connectivity index (χ1) is 9.52. The molecular formula is C14H15FN2O3. The molecule has 1 heterocycles. The third kappa shape index (κ3) is 2.79. The van der Waals surface area contributed by atoms with Crippen LogP contribution in [0.25, 0.3) is 10.9 Å². The number of methoxy groups -OCH3 is 1. The molecule has 2 aromatic rings. The van der Waals surface area contributed by atoms with Crippen LogP contribution in [-0.4, -0.2) is 36.8 Å². The minimum absolute atomic E-state index is 0.0264. The summed E-state index contributed by atoms with van der Waals surface area (Å²) in [5, 5.41) is 9.45.